The van der Waals surface area contributed by atoms with Crippen LogP contribution in [0.3, 0.4) is 0 Å². The minimum absolute atomic E-state index is 0.107. The van der Waals surface area contributed by atoms with Crippen LogP contribution in [0.1, 0.15) is 26.7 Å². The van der Waals surface area contributed by atoms with Crippen molar-refractivity contribution in [3.8, 4) is 0 Å². The van der Waals surface area contributed by atoms with E-state index in [-0.39, 0.29) is 23.6 Å². The molecule has 17 heavy (non-hydrogen) atoms. The van der Waals surface area contributed by atoms with Gasteiger partial charge < -0.3 is 5.32 Å². The number of nitrogens with zero attached hydrogens (tertiary/aromatic N) is 1. The van der Waals surface area contributed by atoms with Crippen LogP contribution in [-0.4, -0.2) is 45.0 Å². The first-order valence-corrected chi connectivity index (χ1v) is 7.44. The molecule has 6 heteroatoms. The lowest BCUT2D eigenvalue weighted by atomic mass is 9.65. The molecular weight excluding hydrogens is 240 g/mol. The zero-order chi connectivity index (χ0) is 13.3. The fourth-order valence-corrected chi connectivity index (χ4v) is 4.32. The van der Waals surface area contributed by atoms with Gasteiger partial charge in [-0.2, -0.15) is 4.31 Å². The third-order valence-electron chi connectivity index (χ3n) is 3.33. The summed E-state index contributed by atoms with van der Waals surface area (Å²) in [6.07, 6.45) is 1.89. The van der Waals surface area contributed by atoms with Crippen molar-refractivity contribution in [3.05, 3.63) is 0 Å². The van der Waals surface area contributed by atoms with Gasteiger partial charge >= 0.3 is 0 Å². The highest BCUT2D eigenvalue weighted by Crippen LogP contribution is 2.46. The van der Waals surface area contributed by atoms with E-state index >= 15 is 0 Å². The quantitative estimate of drug-likeness (QED) is 0.781. The summed E-state index contributed by atoms with van der Waals surface area (Å²) in [5.41, 5.74) is -0.116. The number of carbonyl (C=O) groups excluding carboxylic acids is 1. The minimum Gasteiger partial charge on any atom is -0.358 e. The molecular formula is C11H22N2O3S. The standard InChI is InChI=1S/C11H22N2O3S/c1-9-5-11(2,6-9)8-17(15,16)13(4)7-10(14)12-3/h9H,5-8H2,1-4H3,(H,12,14). The van der Waals surface area contributed by atoms with Gasteiger partial charge in [0.05, 0.1) is 12.3 Å². The molecule has 0 radical (unpaired) electrons. The van der Waals surface area contributed by atoms with E-state index in [1.54, 1.807) is 0 Å². The Kier molecular flexibility index (Phi) is 4.19. The molecule has 1 amide bonds. The molecule has 1 fully saturated rings. The highest BCUT2D eigenvalue weighted by molar-refractivity contribution is 7.89. The van der Waals surface area contributed by atoms with E-state index in [2.05, 4.69) is 12.2 Å². The van der Waals surface area contributed by atoms with Gasteiger partial charge in [-0.3, -0.25) is 4.79 Å². The first kappa shape index (κ1) is 14.4. The van der Waals surface area contributed by atoms with E-state index in [0.29, 0.717) is 5.92 Å². The molecule has 0 aromatic heterocycles. The average molecular weight is 262 g/mol. The van der Waals surface area contributed by atoms with Crippen molar-refractivity contribution in [3.63, 3.8) is 0 Å². The molecule has 0 unspecified atom stereocenters. The van der Waals surface area contributed by atoms with Gasteiger partial charge in [0.15, 0.2) is 0 Å². The van der Waals surface area contributed by atoms with Crippen LogP contribution < -0.4 is 5.32 Å². The summed E-state index contributed by atoms with van der Waals surface area (Å²) in [4.78, 5) is 11.2. The topological polar surface area (TPSA) is 66.5 Å². The van der Waals surface area contributed by atoms with Crippen molar-refractivity contribution in [2.45, 2.75) is 26.7 Å². The smallest absolute Gasteiger partial charge is 0.235 e. The number of carbonyl (C=O) groups is 1. The Morgan fingerprint density at radius 1 is 1.47 bits per heavy atom. The average Bonchev–Trinajstić information content (AvgIpc) is 2.14. The lowest BCUT2D eigenvalue weighted by Gasteiger charge is -2.44. The summed E-state index contributed by atoms with van der Waals surface area (Å²) >= 11 is 0. The number of hydrogen-bond donors (Lipinski definition) is 1. The third kappa shape index (κ3) is 3.67. The predicted octanol–water partition coefficient (Wildman–Crippen LogP) is 0.430. The van der Waals surface area contributed by atoms with E-state index in [0.717, 1.165) is 17.1 Å². The minimum atomic E-state index is -3.33. The first-order valence-electron chi connectivity index (χ1n) is 5.83. The zero-order valence-electron chi connectivity index (χ0n) is 11.0. The summed E-state index contributed by atoms with van der Waals surface area (Å²) in [7, 11) is -0.383. The molecule has 1 aliphatic carbocycles. The van der Waals surface area contributed by atoms with Crippen LogP contribution in [-0.2, 0) is 14.8 Å². The molecule has 0 heterocycles. The normalized spacial score (nSPS) is 28.9. The van der Waals surface area contributed by atoms with Crippen molar-refractivity contribution in [2.75, 3.05) is 26.4 Å². The maximum Gasteiger partial charge on any atom is 0.235 e. The van der Waals surface area contributed by atoms with Gasteiger partial charge in [-0.05, 0) is 24.2 Å². The van der Waals surface area contributed by atoms with Gasteiger partial charge in [0, 0.05) is 14.1 Å². The van der Waals surface area contributed by atoms with Crippen molar-refractivity contribution >= 4 is 15.9 Å². The van der Waals surface area contributed by atoms with E-state index < -0.39 is 10.0 Å². The van der Waals surface area contributed by atoms with Gasteiger partial charge in [-0.1, -0.05) is 13.8 Å². The highest BCUT2D eigenvalue weighted by Gasteiger charge is 2.42. The number of sulfonamides is 1. The molecule has 100 valence electrons. The van der Waals surface area contributed by atoms with E-state index in [9.17, 15) is 13.2 Å². The van der Waals surface area contributed by atoms with Gasteiger partial charge in [0.25, 0.3) is 0 Å². The molecule has 1 rings (SSSR count). The van der Waals surface area contributed by atoms with Crippen LogP contribution in [0.25, 0.3) is 0 Å². The number of amides is 1. The fraction of sp³-hybridized carbons (Fsp3) is 0.909. The molecule has 1 N–H and O–H groups in total. The Morgan fingerprint density at radius 3 is 2.41 bits per heavy atom. The predicted molar refractivity (Wildman–Crippen MR) is 67.0 cm³/mol. The second kappa shape index (κ2) is 4.94. The summed E-state index contributed by atoms with van der Waals surface area (Å²) in [5.74, 6) is 0.459. The van der Waals surface area contributed by atoms with Crippen molar-refractivity contribution in [1.82, 2.24) is 9.62 Å². The molecule has 0 aliphatic heterocycles. The lowest BCUT2D eigenvalue weighted by molar-refractivity contribution is -0.120. The highest BCUT2D eigenvalue weighted by atomic mass is 32.2. The van der Waals surface area contributed by atoms with E-state index in [1.165, 1.54) is 14.1 Å². The number of rotatable bonds is 5. The summed E-state index contributed by atoms with van der Waals surface area (Å²) in [6, 6.07) is 0. The maximum atomic E-state index is 12.0. The molecule has 0 atom stereocenters. The number of hydrogen-bond acceptors (Lipinski definition) is 3. The maximum absolute atomic E-state index is 12.0. The Labute approximate surface area is 104 Å². The summed E-state index contributed by atoms with van der Waals surface area (Å²) < 4.78 is 25.2. The summed E-state index contributed by atoms with van der Waals surface area (Å²) in [5, 5.41) is 2.42. The van der Waals surface area contributed by atoms with Crippen LogP contribution in [0, 0.1) is 11.3 Å². The van der Waals surface area contributed by atoms with Gasteiger partial charge in [-0.25, -0.2) is 8.42 Å². The number of nitrogens with one attached hydrogen (secondary N) is 1. The van der Waals surface area contributed by atoms with Crippen LogP contribution in [0.5, 0.6) is 0 Å². The SMILES string of the molecule is CNC(=O)CN(C)S(=O)(=O)CC1(C)CC(C)C1. The van der Waals surface area contributed by atoms with Crippen molar-refractivity contribution in [2.24, 2.45) is 11.3 Å². The number of likely N-dealkylation sites (N-methyl/N-ethyl adjacent to an activating group) is 2. The van der Waals surface area contributed by atoms with Crippen LogP contribution in [0.15, 0.2) is 0 Å². The monoisotopic (exact) mass is 262 g/mol. The largest absolute Gasteiger partial charge is 0.358 e. The Morgan fingerprint density at radius 2 is 2.00 bits per heavy atom. The van der Waals surface area contributed by atoms with Gasteiger partial charge in [0.2, 0.25) is 15.9 Å². The third-order valence-corrected chi connectivity index (χ3v) is 5.47. The Balaban J connectivity index is 2.59. The molecule has 0 spiro atoms. The summed E-state index contributed by atoms with van der Waals surface area (Å²) in [6.45, 7) is 4.02. The van der Waals surface area contributed by atoms with E-state index in [4.69, 9.17) is 0 Å². The molecule has 0 aromatic carbocycles. The second-order valence-corrected chi connectivity index (χ2v) is 7.59. The molecule has 1 saturated carbocycles. The van der Waals surface area contributed by atoms with Crippen LogP contribution in [0.4, 0.5) is 0 Å². The molecule has 1 aliphatic rings. The van der Waals surface area contributed by atoms with Gasteiger partial charge in [-0.15, -0.1) is 0 Å². The first-order chi connectivity index (χ1) is 7.68. The lowest BCUT2D eigenvalue weighted by Crippen LogP contribution is -2.45. The molecule has 0 aromatic rings. The van der Waals surface area contributed by atoms with Crippen LogP contribution in [0.2, 0.25) is 0 Å². The Bertz CT molecular complexity index is 386. The van der Waals surface area contributed by atoms with Crippen molar-refractivity contribution in [1.29, 1.82) is 0 Å². The molecule has 0 bridgehead atoms. The second-order valence-electron chi connectivity index (χ2n) is 5.51. The molecule has 5 nitrogen and oxygen atoms in total. The Hall–Kier alpha value is -0.620. The fourth-order valence-electron chi connectivity index (χ4n) is 2.67. The van der Waals surface area contributed by atoms with Gasteiger partial charge in [0.1, 0.15) is 0 Å². The zero-order valence-corrected chi connectivity index (χ0v) is 11.8. The van der Waals surface area contributed by atoms with E-state index in [1.807, 2.05) is 6.92 Å². The molecule has 0 saturated heterocycles. The van der Waals surface area contributed by atoms with Crippen LogP contribution >= 0.6 is 0 Å². The van der Waals surface area contributed by atoms with Crippen molar-refractivity contribution < 1.29 is 13.2 Å².